The molecule has 0 fully saturated rings. The molecule has 0 N–H and O–H groups in total. The lowest BCUT2D eigenvalue weighted by Crippen LogP contribution is -2.01. The highest BCUT2D eigenvalue weighted by molar-refractivity contribution is 7.93. The van der Waals surface area contributed by atoms with E-state index in [1.807, 2.05) is 91.0 Å². The van der Waals surface area contributed by atoms with Crippen molar-refractivity contribution in [3.63, 3.8) is 0 Å². The summed E-state index contributed by atoms with van der Waals surface area (Å²) in [5.74, 6) is 2.94. The zero-order chi connectivity index (χ0) is 16.0. The van der Waals surface area contributed by atoms with E-state index in [1.165, 1.54) is 0 Å². The lowest BCUT2D eigenvalue weighted by atomic mass is 10.2. The molecule has 0 aromatic heterocycles. The highest BCUT2D eigenvalue weighted by atomic mass is 32.2. The Morgan fingerprint density at radius 1 is 0.652 bits per heavy atom. The molecule has 3 aromatic rings. The van der Waals surface area contributed by atoms with Crippen LogP contribution in [0.4, 0.5) is 0 Å². The van der Waals surface area contributed by atoms with Crippen LogP contribution in [0.15, 0.2) is 105 Å². The molecule has 0 saturated carbocycles. The number of hydrogen-bond acceptors (Lipinski definition) is 2. The van der Waals surface area contributed by atoms with Gasteiger partial charge in [0, 0.05) is 5.56 Å². The van der Waals surface area contributed by atoms with Gasteiger partial charge in [-0.3, -0.25) is 0 Å². The molecule has 0 aliphatic heterocycles. The Labute approximate surface area is 137 Å². The number of rotatable bonds is 2. The maximum Gasteiger partial charge on any atom is 0.116 e. The normalized spacial score (nSPS) is 10.4. The minimum absolute atomic E-state index is 0.661. The van der Waals surface area contributed by atoms with Gasteiger partial charge in [-0.1, -0.05) is 54.6 Å². The minimum atomic E-state index is -2.77. The molecular weight excluding hydrogens is 302 g/mol. The van der Waals surface area contributed by atoms with Gasteiger partial charge in [0.1, 0.15) is 9.73 Å². The third kappa shape index (κ3) is 3.50. The fourth-order valence-electron chi connectivity index (χ4n) is 2.12. The van der Waals surface area contributed by atoms with Crippen molar-refractivity contribution in [1.82, 2.24) is 0 Å². The van der Waals surface area contributed by atoms with Crippen LogP contribution in [0.3, 0.4) is 0 Å². The predicted molar refractivity (Wildman–Crippen MR) is 93.3 cm³/mol. The van der Waals surface area contributed by atoms with Crippen molar-refractivity contribution < 1.29 is 4.21 Å². The van der Waals surface area contributed by atoms with Crippen LogP contribution >= 0.6 is 0 Å². The summed E-state index contributed by atoms with van der Waals surface area (Å²) in [6, 6.07) is 30.8. The van der Waals surface area contributed by atoms with E-state index in [0.29, 0.717) is 9.79 Å². The topological polar surface area (TPSA) is 29.4 Å². The van der Waals surface area contributed by atoms with Crippen LogP contribution < -0.4 is 0 Å². The number of nitrogens with zero attached hydrogens (tertiary/aromatic N) is 1. The summed E-state index contributed by atoms with van der Waals surface area (Å²) in [6.45, 7) is 0. The van der Waals surface area contributed by atoms with Crippen LogP contribution in [0.1, 0.15) is 5.56 Å². The monoisotopic (exact) mass is 317 g/mol. The zero-order valence-electron chi connectivity index (χ0n) is 12.4. The Morgan fingerprint density at radius 2 is 1.09 bits per heavy atom. The summed E-state index contributed by atoms with van der Waals surface area (Å²) >= 11 is 0. The summed E-state index contributed by atoms with van der Waals surface area (Å²) in [5.41, 5.74) is 0.846. The van der Waals surface area contributed by atoms with Gasteiger partial charge in [0.25, 0.3) is 0 Å². The van der Waals surface area contributed by atoms with Gasteiger partial charge in [-0.25, -0.2) is 4.21 Å². The largest absolute Gasteiger partial charge is 0.239 e. The Morgan fingerprint density at radius 3 is 1.57 bits per heavy atom. The highest BCUT2D eigenvalue weighted by Gasteiger charge is 2.14. The van der Waals surface area contributed by atoms with Crippen LogP contribution in [-0.2, 0) is 9.73 Å². The summed E-state index contributed by atoms with van der Waals surface area (Å²) in [7, 11) is -2.77. The summed E-state index contributed by atoms with van der Waals surface area (Å²) in [4.78, 5) is 1.32. The van der Waals surface area contributed by atoms with Gasteiger partial charge in [0.15, 0.2) is 0 Å². The van der Waals surface area contributed by atoms with E-state index in [-0.39, 0.29) is 0 Å². The molecule has 0 atom stereocenters. The van der Waals surface area contributed by atoms with Crippen LogP contribution in [0.5, 0.6) is 0 Å². The molecule has 0 bridgehead atoms. The van der Waals surface area contributed by atoms with Crippen molar-refractivity contribution in [3.8, 4) is 12.0 Å². The van der Waals surface area contributed by atoms with Gasteiger partial charge < -0.3 is 0 Å². The molecule has 3 heteroatoms. The molecule has 0 unspecified atom stereocenters. The molecule has 0 aliphatic carbocycles. The summed E-state index contributed by atoms with van der Waals surface area (Å²) < 4.78 is 17.8. The van der Waals surface area contributed by atoms with Crippen LogP contribution in [-0.4, -0.2) is 4.21 Å². The third-order valence-corrected chi connectivity index (χ3v) is 5.44. The Bertz CT molecular complexity index is 901. The van der Waals surface area contributed by atoms with Gasteiger partial charge in [-0.15, -0.1) is 4.36 Å². The second-order valence-corrected chi connectivity index (χ2v) is 7.02. The average Bonchev–Trinajstić information content (AvgIpc) is 2.64. The van der Waals surface area contributed by atoms with Crippen molar-refractivity contribution in [1.29, 1.82) is 0 Å². The van der Waals surface area contributed by atoms with Gasteiger partial charge in [-0.2, -0.15) is 0 Å². The predicted octanol–water partition coefficient (Wildman–Crippen LogP) is 4.58. The molecule has 112 valence electrons. The molecule has 0 radical (unpaired) electrons. The van der Waals surface area contributed by atoms with E-state index in [2.05, 4.69) is 16.3 Å². The van der Waals surface area contributed by atoms with Crippen molar-refractivity contribution in [2.24, 2.45) is 4.36 Å². The summed E-state index contributed by atoms with van der Waals surface area (Å²) in [6.07, 6.45) is 0. The second-order valence-electron chi connectivity index (χ2n) is 4.85. The van der Waals surface area contributed by atoms with E-state index >= 15 is 0 Å². The highest BCUT2D eigenvalue weighted by Crippen LogP contribution is 2.22. The van der Waals surface area contributed by atoms with E-state index in [9.17, 15) is 4.21 Å². The van der Waals surface area contributed by atoms with Gasteiger partial charge in [-0.05, 0) is 42.3 Å². The standard InChI is InChI=1S/C20H15NOS/c22-23(19-12-6-2-7-13-19,20-14-8-3-9-15-20)21-17-16-18-10-4-1-5-11-18/h1-15H. The lowest BCUT2D eigenvalue weighted by Gasteiger charge is -2.08. The van der Waals surface area contributed by atoms with Crippen LogP contribution in [0, 0.1) is 12.0 Å². The van der Waals surface area contributed by atoms with Crippen molar-refractivity contribution in [3.05, 3.63) is 96.6 Å². The molecule has 3 rings (SSSR count). The molecular formula is C20H15NOS. The van der Waals surface area contributed by atoms with Gasteiger partial charge in [0.05, 0.1) is 15.8 Å². The molecule has 0 saturated heterocycles. The molecule has 3 aromatic carbocycles. The quantitative estimate of drug-likeness (QED) is 0.636. The Kier molecular flexibility index (Phi) is 4.56. The van der Waals surface area contributed by atoms with Crippen molar-refractivity contribution >= 4 is 9.73 Å². The molecule has 0 amide bonds. The first-order valence-corrected chi connectivity index (χ1v) is 8.73. The molecule has 0 spiro atoms. The zero-order valence-corrected chi connectivity index (χ0v) is 13.2. The number of hydrogen-bond donors (Lipinski definition) is 0. The first-order chi connectivity index (χ1) is 11.3. The fraction of sp³-hybridized carbons (Fsp3) is 0. The number of benzene rings is 3. The van der Waals surface area contributed by atoms with Gasteiger partial charge in [0.2, 0.25) is 0 Å². The van der Waals surface area contributed by atoms with E-state index < -0.39 is 9.73 Å². The van der Waals surface area contributed by atoms with Crippen LogP contribution in [0.25, 0.3) is 0 Å². The van der Waals surface area contributed by atoms with Crippen LogP contribution in [0.2, 0.25) is 0 Å². The van der Waals surface area contributed by atoms with E-state index in [4.69, 9.17) is 0 Å². The first kappa shape index (κ1) is 15.1. The van der Waals surface area contributed by atoms with Crippen molar-refractivity contribution in [2.75, 3.05) is 0 Å². The van der Waals surface area contributed by atoms with Gasteiger partial charge >= 0.3 is 0 Å². The molecule has 2 nitrogen and oxygen atoms in total. The smallest absolute Gasteiger partial charge is 0.116 e. The molecule has 0 heterocycles. The van der Waals surface area contributed by atoms with E-state index in [0.717, 1.165) is 5.56 Å². The lowest BCUT2D eigenvalue weighted by molar-refractivity contribution is 0.677. The Balaban J connectivity index is 2.13. The average molecular weight is 317 g/mol. The maximum atomic E-state index is 13.5. The first-order valence-electron chi connectivity index (χ1n) is 7.21. The maximum absolute atomic E-state index is 13.5. The molecule has 23 heavy (non-hydrogen) atoms. The minimum Gasteiger partial charge on any atom is -0.239 e. The SMILES string of the molecule is O=S(=NC#Cc1ccccc1)(c1ccccc1)c1ccccc1. The Hall–Kier alpha value is -2.83. The molecule has 0 aliphatic rings. The third-order valence-electron chi connectivity index (χ3n) is 3.27. The summed E-state index contributed by atoms with van der Waals surface area (Å²) in [5, 5.41) is 0. The second kappa shape index (κ2) is 6.95. The van der Waals surface area contributed by atoms with Crippen molar-refractivity contribution in [2.45, 2.75) is 9.79 Å². The fourth-order valence-corrected chi connectivity index (χ4v) is 3.83. The van der Waals surface area contributed by atoms with E-state index in [1.54, 1.807) is 0 Å².